The Balaban J connectivity index is 1.17. The Labute approximate surface area is 232 Å². The number of benzene rings is 6. The lowest BCUT2D eigenvalue weighted by Gasteiger charge is -2.34. The van der Waals surface area contributed by atoms with Crippen molar-refractivity contribution in [1.82, 2.24) is 0 Å². The molecular formula is C36H21O3P. The van der Waals surface area contributed by atoms with Crippen LogP contribution in [0.1, 0.15) is 0 Å². The van der Waals surface area contributed by atoms with E-state index in [1.165, 1.54) is 10.6 Å². The predicted octanol–water partition coefficient (Wildman–Crippen LogP) is 8.89. The second-order valence-electron chi connectivity index (χ2n) is 10.2. The van der Waals surface area contributed by atoms with Crippen LogP contribution in [0.25, 0.3) is 44.2 Å². The standard InChI is InChI=1S/C36H21O3P/c1-2-13-28-26(10-1)27-12-6-11-25(35(27)39-28)24-9-5-8-22(20-24)23-18-19-34-32(21-23)38-31-16-7-15-30-36(31)40(34)33-17-4-3-14-29(33)37-30/h1-21H. The highest BCUT2D eigenvalue weighted by atomic mass is 31.1. The minimum atomic E-state index is -0.767. The molecule has 1 aromatic heterocycles. The first kappa shape index (κ1) is 22.0. The van der Waals surface area contributed by atoms with Crippen molar-refractivity contribution >= 4 is 45.8 Å². The van der Waals surface area contributed by atoms with E-state index >= 15 is 0 Å². The third kappa shape index (κ3) is 3.16. The molecule has 1 unspecified atom stereocenters. The quantitative estimate of drug-likeness (QED) is 0.208. The average molecular weight is 533 g/mol. The molecule has 0 N–H and O–H groups in total. The van der Waals surface area contributed by atoms with Gasteiger partial charge >= 0.3 is 0 Å². The highest BCUT2D eigenvalue weighted by Gasteiger charge is 2.36. The van der Waals surface area contributed by atoms with Crippen LogP contribution in [0.2, 0.25) is 0 Å². The van der Waals surface area contributed by atoms with Crippen molar-refractivity contribution in [2.45, 2.75) is 0 Å². The molecule has 0 saturated carbocycles. The molecule has 0 spiro atoms. The Morgan fingerprint density at radius 2 is 1.12 bits per heavy atom. The van der Waals surface area contributed by atoms with Crippen LogP contribution in [0.15, 0.2) is 132 Å². The molecule has 2 aliphatic rings. The highest BCUT2D eigenvalue weighted by Crippen LogP contribution is 2.52. The predicted molar refractivity (Wildman–Crippen MR) is 163 cm³/mol. The minimum Gasteiger partial charge on any atom is -0.456 e. The smallest absolute Gasteiger partial charge is 0.143 e. The van der Waals surface area contributed by atoms with Gasteiger partial charge in [-0.3, -0.25) is 0 Å². The molecule has 0 radical (unpaired) electrons. The van der Waals surface area contributed by atoms with Gasteiger partial charge in [0.1, 0.15) is 34.2 Å². The van der Waals surface area contributed by atoms with Crippen molar-refractivity contribution in [2.75, 3.05) is 0 Å². The summed E-state index contributed by atoms with van der Waals surface area (Å²) < 4.78 is 19.1. The zero-order valence-electron chi connectivity index (χ0n) is 21.3. The van der Waals surface area contributed by atoms with Gasteiger partial charge in [0.05, 0.1) is 5.30 Å². The van der Waals surface area contributed by atoms with Crippen molar-refractivity contribution < 1.29 is 13.9 Å². The maximum absolute atomic E-state index is 6.53. The maximum atomic E-state index is 6.53. The number of rotatable bonds is 2. The van der Waals surface area contributed by atoms with E-state index in [1.54, 1.807) is 0 Å². The van der Waals surface area contributed by atoms with Gasteiger partial charge < -0.3 is 13.9 Å². The molecular weight excluding hydrogens is 511 g/mol. The number of furan rings is 1. The van der Waals surface area contributed by atoms with E-state index in [0.29, 0.717) is 0 Å². The number of fused-ring (bicyclic) bond motifs is 7. The van der Waals surface area contributed by atoms with Gasteiger partial charge in [-0.1, -0.05) is 84.9 Å². The lowest BCUT2D eigenvalue weighted by Crippen LogP contribution is -2.31. The molecule has 6 aromatic carbocycles. The summed E-state index contributed by atoms with van der Waals surface area (Å²) in [5, 5.41) is 5.89. The van der Waals surface area contributed by atoms with E-state index in [4.69, 9.17) is 13.9 Å². The van der Waals surface area contributed by atoms with E-state index in [-0.39, 0.29) is 0 Å². The average Bonchev–Trinajstić information content (AvgIpc) is 3.40. The summed E-state index contributed by atoms with van der Waals surface area (Å²) in [4.78, 5) is 0. The largest absolute Gasteiger partial charge is 0.456 e. The van der Waals surface area contributed by atoms with Crippen LogP contribution in [0.3, 0.4) is 0 Å². The second-order valence-corrected chi connectivity index (χ2v) is 12.2. The molecule has 9 rings (SSSR count). The highest BCUT2D eigenvalue weighted by molar-refractivity contribution is 7.80. The zero-order valence-corrected chi connectivity index (χ0v) is 22.2. The summed E-state index contributed by atoms with van der Waals surface area (Å²) in [6, 6.07) is 44.4. The van der Waals surface area contributed by atoms with Gasteiger partial charge in [0, 0.05) is 34.9 Å². The fourth-order valence-electron chi connectivity index (χ4n) is 6.02. The van der Waals surface area contributed by atoms with Gasteiger partial charge in [-0.15, -0.1) is 0 Å². The molecule has 2 aliphatic heterocycles. The normalized spacial score (nSPS) is 14.7. The second kappa shape index (κ2) is 8.32. The molecule has 40 heavy (non-hydrogen) atoms. The topological polar surface area (TPSA) is 31.6 Å². The Bertz CT molecular complexity index is 2140. The third-order valence-electron chi connectivity index (χ3n) is 7.84. The number of para-hydroxylation sites is 3. The van der Waals surface area contributed by atoms with E-state index in [0.717, 1.165) is 72.5 Å². The van der Waals surface area contributed by atoms with Crippen molar-refractivity contribution in [3.8, 4) is 45.3 Å². The Hall–Kier alpha value is -4.85. The van der Waals surface area contributed by atoms with Crippen LogP contribution in [0.4, 0.5) is 0 Å². The molecule has 3 heterocycles. The molecule has 3 nitrogen and oxygen atoms in total. The number of hydrogen-bond acceptors (Lipinski definition) is 3. The Morgan fingerprint density at radius 1 is 0.450 bits per heavy atom. The van der Waals surface area contributed by atoms with E-state index in [1.807, 2.05) is 30.3 Å². The maximum Gasteiger partial charge on any atom is 0.143 e. The SMILES string of the molecule is c1cc(-c2ccc3c(c2)Oc2cccc4c2P3c2ccccc2O4)cc(-c2cccc3c2oc2ccccc23)c1. The van der Waals surface area contributed by atoms with Gasteiger partial charge in [0.2, 0.25) is 0 Å². The number of ether oxygens (including phenoxy) is 2. The summed E-state index contributed by atoms with van der Waals surface area (Å²) in [6.45, 7) is 0. The van der Waals surface area contributed by atoms with Crippen molar-refractivity contribution in [3.63, 3.8) is 0 Å². The molecule has 0 fully saturated rings. The van der Waals surface area contributed by atoms with Crippen molar-refractivity contribution in [3.05, 3.63) is 127 Å². The third-order valence-corrected chi connectivity index (χ3v) is 10.4. The van der Waals surface area contributed by atoms with Gasteiger partial charge in [0.25, 0.3) is 0 Å². The zero-order chi connectivity index (χ0) is 26.2. The number of hydrogen-bond donors (Lipinski definition) is 0. The fourth-order valence-corrected chi connectivity index (χ4v) is 8.58. The molecule has 4 heteroatoms. The van der Waals surface area contributed by atoms with E-state index in [9.17, 15) is 0 Å². The van der Waals surface area contributed by atoms with Gasteiger partial charge in [-0.25, -0.2) is 0 Å². The first-order valence-corrected chi connectivity index (χ1v) is 14.7. The van der Waals surface area contributed by atoms with Gasteiger partial charge in [-0.05, 0) is 59.2 Å². The van der Waals surface area contributed by atoms with Crippen molar-refractivity contribution in [1.29, 1.82) is 0 Å². The van der Waals surface area contributed by atoms with Crippen LogP contribution in [0.5, 0.6) is 23.0 Å². The molecule has 0 aliphatic carbocycles. The summed E-state index contributed by atoms with van der Waals surface area (Å²) in [5.74, 6) is 3.62. The molecule has 0 amide bonds. The first-order valence-electron chi connectivity index (χ1n) is 13.3. The monoisotopic (exact) mass is 532 g/mol. The van der Waals surface area contributed by atoms with E-state index in [2.05, 4.69) is 97.1 Å². The summed E-state index contributed by atoms with van der Waals surface area (Å²) in [7, 11) is -0.767. The lowest BCUT2D eigenvalue weighted by molar-refractivity contribution is 0.466. The van der Waals surface area contributed by atoms with Crippen molar-refractivity contribution in [2.24, 2.45) is 0 Å². The summed E-state index contributed by atoms with van der Waals surface area (Å²) >= 11 is 0. The van der Waals surface area contributed by atoms with Crippen LogP contribution in [-0.4, -0.2) is 0 Å². The first-order chi connectivity index (χ1) is 19.8. The molecule has 0 saturated heterocycles. The molecule has 7 aromatic rings. The molecule has 0 bridgehead atoms. The molecule has 188 valence electrons. The Morgan fingerprint density at radius 3 is 2.08 bits per heavy atom. The van der Waals surface area contributed by atoms with Crippen LogP contribution < -0.4 is 25.4 Å². The van der Waals surface area contributed by atoms with Crippen LogP contribution in [-0.2, 0) is 0 Å². The van der Waals surface area contributed by atoms with Crippen LogP contribution >= 0.6 is 7.92 Å². The van der Waals surface area contributed by atoms with Gasteiger partial charge in [0.15, 0.2) is 0 Å². The summed E-state index contributed by atoms with van der Waals surface area (Å²) in [5.41, 5.74) is 6.30. The fraction of sp³-hybridized carbons (Fsp3) is 0. The van der Waals surface area contributed by atoms with Gasteiger partial charge in [-0.2, -0.15) is 0 Å². The Kier molecular flexibility index (Phi) is 4.58. The van der Waals surface area contributed by atoms with E-state index < -0.39 is 7.92 Å². The summed E-state index contributed by atoms with van der Waals surface area (Å²) in [6.07, 6.45) is 0. The lowest BCUT2D eigenvalue weighted by atomic mass is 9.97. The minimum absolute atomic E-state index is 0.767. The van der Waals surface area contributed by atoms with Crippen LogP contribution in [0, 0.1) is 0 Å². The molecule has 1 atom stereocenters.